The van der Waals surface area contributed by atoms with Crippen molar-refractivity contribution in [1.29, 1.82) is 0 Å². The molecule has 0 aliphatic heterocycles. The van der Waals surface area contributed by atoms with E-state index in [1.54, 1.807) is 12.4 Å². The smallest absolute Gasteiger partial charge is 0.251 e. The van der Waals surface area contributed by atoms with Crippen molar-refractivity contribution >= 4 is 5.91 Å². The topological polar surface area (TPSA) is 71.5 Å². The lowest BCUT2D eigenvalue weighted by molar-refractivity contribution is 0.0910. The van der Waals surface area contributed by atoms with Gasteiger partial charge in [-0.2, -0.15) is 0 Å². The Morgan fingerprint density at radius 2 is 2.04 bits per heavy atom. The number of hydrogen-bond donors (Lipinski definition) is 2. The summed E-state index contributed by atoms with van der Waals surface area (Å²) in [6.45, 7) is 6.55. The number of amides is 1. The Bertz CT molecular complexity index is 678. The number of hydrogen-bond acceptors (Lipinski definition) is 4. The first kappa shape index (κ1) is 18.9. The molecule has 1 aromatic heterocycles. The highest BCUT2D eigenvalue weighted by Crippen LogP contribution is 2.25. The lowest BCUT2D eigenvalue weighted by Crippen LogP contribution is -2.32. The highest BCUT2D eigenvalue weighted by molar-refractivity contribution is 5.94. The fraction of sp³-hybridized carbons (Fsp3) is 0.400. The standard InChI is InChI=1S/C20H26N2O3/c1-4-6-18(23)12-22-20(24)17-9-14(2)19(15(3)10-17)25-13-16-7-5-8-21-11-16/h5,7-11,18,23H,4,6,12-13H2,1-3H3,(H,22,24). The number of aromatic nitrogens is 1. The summed E-state index contributed by atoms with van der Waals surface area (Å²) in [5.74, 6) is 0.603. The number of aryl methyl sites for hydroxylation is 2. The number of carbonyl (C=O) groups excluding carboxylic acids is 1. The fourth-order valence-electron chi connectivity index (χ4n) is 2.70. The monoisotopic (exact) mass is 342 g/mol. The molecule has 1 heterocycles. The van der Waals surface area contributed by atoms with Gasteiger partial charge in [-0.05, 0) is 49.6 Å². The van der Waals surface area contributed by atoms with Gasteiger partial charge in [0, 0.05) is 30.1 Å². The Labute approximate surface area is 149 Å². The van der Waals surface area contributed by atoms with E-state index < -0.39 is 6.10 Å². The number of ether oxygens (including phenoxy) is 1. The molecule has 0 spiro atoms. The molecule has 5 heteroatoms. The molecule has 5 nitrogen and oxygen atoms in total. The summed E-state index contributed by atoms with van der Waals surface area (Å²) in [5.41, 5.74) is 3.38. The highest BCUT2D eigenvalue weighted by atomic mass is 16.5. The molecule has 2 rings (SSSR count). The SMILES string of the molecule is CCCC(O)CNC(=O)c1cc(C)c(OCc2cccnc2)c(C)c1. The Balaban J connectivity index is 2.02. The van der Waals surface area contributed by atoms with Crippen LogP contribution in [-0.2, 0) is 6.61 Å². The number of rotatable bonds is 8. The third-order valence-electron chi connectivity index (χ3n) is 3.95. The lowest BCUT2D eigenvalue weighted by atomic mass is 10.0. The molecule has 0 saturated carbocycles. The van der Waals surface area contributed by atoms with Crippen LogP contribution in [0.3, 0.4) is 0 Å². The van der Waals surface area contributed by atoms with Crippen molar-refractivity contribution in [2.75, 3.05) is 6.54 Å². The third-order valence-corrected chi connectivity index (χ3v) is 3.95. The molecule has 2 aromatic rings. The van der Waals surface area contributed by atoms with Crippen molar-refractivity contribution in [2.24, 2.45) is 0 Å². The number of carbonyl (C=O) groups is 1. The van der Waals surface area contributed by atoms with Crippen LogP contribution < -0.4 is 10.1 Å². The predicted octanol–water partition coefficient (Wildman–Crippen LogP) is 3.17. The molecule has 1 amide bonds. The van der Waals surface area contributed by atoms with Gasteiger partial charge in [0.25, 0.3) is 5.91 Å². The number of nitrogens with one attached hydrogen (secondary N) is 1. The predicted molar refractivity (Wildman–Crippen MR) is 97.7 cm³/mol. The van der Waals surface area contributed by atoms with E-state index in [9.17, 15) is 9.90 Å². The molecule has 0 bridgehead atoms. The second-order valence-corrected chi connectivity index (χ2v) is 6.24. The van der Waals surface area contributed by atoms with Gasteiger partial charge >= 0.3 is 0 Å². The molecular formula is C20H26N2O3. The van der Waals surface area contributed by atoms with Gasteiger partial charge in [-0.1, -0.05) is 19.4 Å². The van der Waals surface area contributed by atoms with E-state index in [0.717, 1.165) is 28.9 Å². The number of aliphatic hydroxyl groups is 1. The molecule has 0 aliphatic rings. The molecule has 0 fully saturated rings. The van der Waals surface area contributed by atoms with E-state index in [1.807, 2.05) is 45.0 Å². The Kier molecular flexibility index (Phi) is 6.95. The van der Waals surface area contributed by atoms with Gasteiger partial charge < -0.3 is 15.2 Å². The molecule has 0 aliphatic carbocycles. The summed E-state index contributed by atoms with van der Waals surface area (Å²) in [5, 5.41) is 12.5. The number of aliphatic hydroxyl groups excluding tert-OH is 1. The largest absolute Gasteiger partial charge is 0.488 e. The van der Waals surface area contributed by atoms with Crippen LogP contribution in [-0.4, -0.2) is 28.6 Å². The van der Waals surface area contributed by atoms with E-state index >= 15 is 0 Å². The molecule has 134 valence electrons. The molecular weight excluding hydrogens is 316 g/mol. The van der Waals surface area contributed by atoms with E-state index in [2.05, 4.69) is 10.3 Å². The van der Waals surface area contributed by atoms with E-state index in [0.29, 0.717) is 18.6 Å². The molecule has 0 radical (unpaired) electrons. The van der Waals surface area contributed by atoms with Gasteiger partial charge in [-0.3, -0.25) is 9.78 Å². The lowest BCUT2D eigenvalue weighted by Gasteiger charge is -2.15. The van der Waals surface area contributed by atoms with Crippen LogP contribution in [0.4, 0.5) is 0 Å². The van der Waals surface area contributed by atoms with Crippen LogP contribution in [0.5, 0.6) is 5.75 Å². The number of pyridine rings is 1. The zero-order valence-corrected chi connectivity index (χ0v) is 15.1. The maximum Gasteiger partial charge on any atom is 0.251 e. The zero-order valence-electron chi connectivity index (χ0n) is 15.1. The molecule has 1 atom stereocenters. The minimum Gasteiger partial charge on any atom is -0.488 e. The van der Waals surface area contributed by atoms with Crippen LogP contribution in [0.1, 0.15) is 46.8 Å². The van der Waals surface area contributed by atoms with Crippen LogP contribution >= 0.6 is 0 Å². The summed E-state index contributed by atoms with van der Waals surface area (Å²) in [7, 11) is 0. The van der Waals surface area contributed by atoms with Crippen molar-refractivity contribution in [1.82, 2.24) is 10.3 Å². The number of nitrogens with zero attached hydrogens (tertiary/aromatic N) is 1. The minimum atomic E-state index is -0.502. The molecule has 1 unspecified atom stereocenters. The molecule has 25 heavy (non-hydrogen) atoms. The van der Waals surface area contributed by atoms with Gasteiger partial charge in [-0.25, -0.2) is 0 Å². The van der Waals surface area contributed by atoms with Crippen molar-refractivity contribution in [3.05, 3.63) is 58.9 Å². The van der Waals surface area contributed by atoms with Gasteiger partial charge in [0.15, 0.2) is 0 Å². The van der Waals surface area contributed by atoms with E-state index in [4.69, 9.17) is 4.74 Å². The van der Waals surface area contributed by atoms with Crippen LogP contribution in [0.15, 0.2) is 36.7 Å². The van der Waals surface area contributed by atoms with Crippen molar-refractivity contribution < 1.29 is 14.6 Å². The highest BCUT2D eigenvalue weighted by Gasteiger charge is 2.13. The summed E-state index contributed by atoms with van der Waals surface area (Å²) < 4.78 is 5.91. The minimum absolute atomic E-state index is 0.180. The molecule has 1 aromatic carbocycles. The van der Waals surface area contributed by atoms with Crippen LogP contribution in [0, 0.1) is 13.8 Å². The van der Waals surface area contributed by atoms with Gasteiger partial charge in [0.2, 0.25) is 0 Å². The van der Waals surface area contributed by atoms with Crippen LogP contribution in [0.2, 0.25) is 0 Å². The maximum atomic E-state index is 12.3. The first-order chi connectivity index (χ1) is 12.0. The van der Waals surface area contributed by atoms with Crippen molar-refractivity contribution in [2.45, 2.75) is 46.3 Å². The van der Waals surface area contributed by atoms with Gasteiger partial charge in [0.05, 0.1) is 6.10 Å². The van der Waals surface area contributed by atoms with E-state index in [1.165, 1.54) is 0 Å². The normalized spacial score (nSPS) is 11.8. The second-order valence-electron chi connectivity index (χ2n) is 6.24. The van der Waals surface area contributed by atoms with E-state index in [-0.39, 0.29) is 12.5 Å². The Hall–Kier alpha value is -2.40. The van der Waals surface area contributed by atoms with Gasteiger partial charge in [-0.15, -0.1) is 0 Å². The quantitative estimate of drug-likeness (QED) is 0.773. The first-order valence-corrected chi connectivity index (χ1v) is 8.60. The van der Waals surface area contributed by atoms with Crippen molar-refractivity contribution in [3.8, 4) is 5.75 Å². The summed E-state index contributed by atoms with van der Waals surface area (Å²) >= 11 is 0. The summed E-state index contributed by atoms with van der Waals surface area (Å²) in [6.07, 6.45) is 4.56. The summed E-state index contributed by atoms with van der Waals surface area (Å²) in [4.78, 5) is 16.4. The van der Waals surface area contributed by atoms with Crippen LogP contribution in [0.25, 0.3) is 0 Å². The third kappa shape index (κ3) is 5.57. The Morgan fingerprint density at radius 1 is 1.32 bits per heavy atom. The van der Waals surface area contributed by atoms with Crippen molar-refractivity contribution in [3.63, 3.8) is 0 Å². The molecule has 0 saturated heterocycles. The second kappa shape index (κ2) is 9.18. The number of benzene rings is 1. The molecule has 2 N–H and O–H groups in total. The fourth-order valence-corrected chi connectivity index (χ4v) is 2.70. The Morgan fingerprint density at radius 3 is 2.64 bits per heavy atom. The zero-order chi connectivity index (χ0) is 18.2. The average Bonchev–Trinajstić information content (AvgIpc) is 2.60. The first-order valence-electron chi connectivity index (χ1n) is 8.60. The average molecular weight is 342 g/mol. The van der Waals surface area contributed by atoms with Gasteiger partial charge in [0.1, 0.15) is 12.4 Å². The maximum absolute atomic E-state index is 12.3. The summed E-state index contributed by atoms with van der Waals surface area (Å²) in [6, 6.07) is 7.46.